The highest BCUT2D eigenvalue weighted by Crippen LogP contribution is 2.30. The largest absolute Gasteiger partial charge is 0.490 e. The van der Waals surface area contributed by atoms with Gasteiger partial charge < -0.3 is 9.47 Å². The van der Waals surface area contributed by atoms with Crippen LogP contribution in [0.2, 0.25) is 0 Å². The second kappa shape index (κ2) is 4.28. The molecule has 2 aromatic carbocycles. The molecule has 0 unspecified atom stereocenters. The topological polar surface area (TPSA) is 18.5 Å². The molecule has 0 aromatic heterocycles. The Kier molecular flexibility index (Phi) is 2.97. The summed E-state index contributed by atoms with van der Waals surface area (Å²) in [6.45, 7) is 6.12. The van der Waals surface area contributed by atoms with E-state index in [9.17, 15) is 0 Å². The van der Waals surface area contributed by atoms with Crippen molar-refractivity contribution < 1.29 is 9.47 Å². The van der Waals surface area contributed by atoms with Crippen LogP contribution in [-0.2, 0) is 0 Å². The third-order valence-corrected chi connectivity index (χ3v) is 2.39. The maximum absolute atomic E-state index is 5.93. The molecule has 0 spiro atoms. The Morgan fingerprint density at radius 1 is 1.06 bits per heavy atom. The minimum atomic E-state index is -0.199. The first kappa shape index (κ1) is 11.8. The highest BCUT2D eigenvalue weighted by atomic mass is 16.5. The average Bonchev–Trinajstić information content (AvgIpc) is 2.26. The number of fused-ring (bicyclic) bond motifs is 1. The van der Waals surface area contributed by atoms with Crippen LogP contribution in [0, 0.1) is 7.11 Å². The van der Waals surface area contributed by atoms with Crippen molar-refractivity contribution in [3.63, 3.8) is 0 Å². The zero-order valence-corrected chi connectivity index (χ0v) is 10.5. The summed E-state index contributed by atoms with van der Waals surface area (Å²) >= 11 is 0. The molecule has 0 saturated carbocycles. The van der Waals surface area contributed by atoms with Crippen LogP contribution in [0.3, 0.4) is 0 Å². The van der Waals surface area contributed by atoms with E-state index in [1.165, 1.54) is 0 Å². The van der Waals surface area contributed by atoms with Crippen LogP contribution < -0.4 is 9.47 Å². The van der Waals surface area contributed by atoms with E-state index >= 15 is 0 Å². The van der Waals surface area contributed by atoms with Gasteiger partial charge in [-0.15, -0.1) is 0 Å². The minimum absolute atomic E-state index is 0.199. The van der Waals surface area contributed by atoms with Gasteiger partial charge in [0.25, 0.3) is 0 Å². The molecule has 17 heavy (non-hydrogen) atoms. The fourth-order valence-corrected chi connectivity index (χ4v) is 1.74. The molecule has 0 atom stereocenters. The Bertz CT molecular complexity index is 524. The summed E-state index contributed by atoms with van der Waals surface area (Å²) in [4.78, 5) is 0. The lowest BCUT2D eigenvalue weighted by atomic mass is 10.1. The molecule has 0 saturated heterocycles. The van der Waals surface area contributed by atoms with E-state index in [1.54, 1.807) is 0 Å². The molecule has 0 N–H and O–H groups in total. The molecule has 2 rings (SSSR count). The van der Waals surface area contributed by atoms with Gasteiger partial charge >= 0.3 is 0 Å². The standard InChI is InChI=1S/C15H17O2/c1-15(2,3)17-14-7-5-6-11-10-12(16-4)8-9-13(11)14/h5-10H,4H2,1-3H3. The lowest BCUT2D eigenvalue weighted by Crippen LogP contribution is -2.23. The van der Waals surface area contributed by atoms with Gasteiger partial charge in [-0.25, -0.2) is 0 Å². The lowest BCUT2D eigenvalue weighted by Gasteiger charge is -2.22. The SMILES string of the molecule is [CH2]Oc1ccc2c(OC(C)(C)C)cccc2c1. The summed E-state index contributed by atoms with van der Waals surface area (Å²) in [5.74, 6) is 1.65. The average molecular weight is 229 g/mol. The van der Waals surface area contributed by atoms with E-state index in [0.29, 0.717) is 0 Å². The van der Waals surface area contributed by atoms with Crippen LogP contribution in [0.1, 0.15) is 20.8 Å². The zero-order chi connectivity index (χ0) is 12.5. The van der Waals surface area contributed by atoms with E-state index in [1.807, 2.05) is 57.2 Å². The van der Waals surface area contributed by atoms with Crippen molar-refractivity contribution in [3.8, 4) is 11.5 Å². The zero-order valence-electron chi connectivity index (χ0n) is 10.5. The maximum Gasteiger partial charge on any atom is 0.127 e. The molecule has 0 aliphatic rings. The summed E-state index contributed by atoms with van der Waals surface area (Å²) in [7, 11) is 3.41. The summed E-state index contributed by atoms with van der Waals surface area (Å²) in [5, 5.41) is 2.18. The molecule has 2 aromatic rings. The third kappa shape index (κ3) is 2.70. The monoisotopic (exact) mass is 229 g/mol. The molecule has 89 valence electrons. The van der Waals surface area contributed by atoms with E-state index in [4.69, 9.17) is 9.47 Å². The Morgan fingerprint density at radius 2 is 1.82 bits per heavy atom. The Morgan fingerprint density at radius 3 is 2.47 bits per heavy atom. The predicted octanol–water partition coefficient (Wildman–Crippen LogP) is 4.19. The molecule has 2 nitrogen and oxygen atoms in total. The normalized spacial score (nSPS) is 11.5. The first-order chi connectivity index (χ1) is 7.99. The van der Waals surface area contributed by atoms with Gasteiger partial charge in [-0.1, -0.05) is 12.1 Å². The molecule has 0 fully saturated rings. The summed E-state index contributed by atoms with van der Waals surface area (Å²) in [6.07, 6.45) is 0. The number of ether oxygens (including phenoxy) is 2. The van der Waals surface area contributed by atoms with Gasteiger partial charge in [-0.2, -0.15) is 0 Å². The van der Waals surface area contributed by atoms with Gasteiger partial charge in [0, 0.05) is 5.39 Å². The number of hydrogen-bond acceptors (Lipinski definition) is 2. The first-order valence-corrected chi connectivity index (χ1v) is 5.63. The van der Waals surface area contributed by atoms with Gasteiger partial charge in [-0.05, 0) is 50.4 Å². The van der Waals surface area contributed by atoms with Gasteiger partial charge in [0.1, 0.15) is 24.2 Å². The Balaban J connectivity index is 2.51. The first-order valence-electron chi connectivity index (χ1n) is 5.63. The number of rotatable bonds is 2. The third-order valence-electron chi connectivity index (χ3n) is 2.39. The van der Waals surface area contributed by atoms with Crippen molar-refractivity contribution in [3.05, 3.63) is 43.5 Å². The van der Waals surface area contributed by atoms with Crippen LogP contribution in [0.4, 0.5) is 0 Å². The van der Waals surface area contributed by atoms with E-state index in [2.05, 4.69) is 7.11 Å². The molecule has 0 amide bonds. The van der Waals surface area contributed by atoms with Crippen LogP contribution in [0.5, 0.6) is 11.5 Å². The highest BCUT2D eigenvalue weighted by Gasteiger charge is 2.13. The maximum atomic E-state index is 5.93. The van der Waals surface area contributed by atoms with Crippen molar-refractivity contribution >= 4 is 10.8 Å². The molecular formula is C15H17O2. The smallest absolute Gasteiger partial charge is 0.127 e. The number of hydrogen-bond donors (Lipinski definition) is 0. The molecule has 0 aliphatic heterocycles. The van der Waals surface area contributed by atoms with Crippen LogP contribution in [-0.4, -0.2) is 5.60 Å². The molecule has 0 aliphatic carbocycles. The van der Waals surface area contributed by atoms with Crippen LogP contribution in [0.25, 0.3) is 10.8 Å². The predicted molar refractivity (Wildman–Crippen MR) is 70.3 cm³/mol. The van der Waals surface area contributed by atoms with Gasteiger partial charge in [-0.3, -0.25) is 0 Å². The van der Waals surface area contributed by atoms with E-state index in [0.717, 1.165) is 22.3 Å². The molecular weight excluding hydrogens is 212 g/mol. The van der Waals surface area contributed by atoms with Gasteiger partial charge in [0.05, 0.1) is 0 Å². The summed E-state index contributed by atoms with van der Waals surface area (Å²) in [6, 6.07) is 11.8. The lowest BCUT2D eigenvalue weighted by molar-refractivity contribution is 0.133. The summed E-state index contributed by atoms with van der Waals surface area (Å²) in [5.41, 5.74) is -0.199. The quantitative estimate of drug-likeness (QED) is 0.768. The van der Waals surface area contributed by atoms with Crippen LogP contribution >= 0.6 is 0 Å². The van der Waals surface area contributed by atoms with Crippen molar-refractivity contribution in [1.82, 2.24) is 0 Å². The number of benzene rings is 2. The Hall–Kier alpha value is -1.70. The van der Waals surface area contributed by atoms with Crippen molar-refractivity contribution in [2.75, 3.05) is 0 Å². The van der Waals surface area contributed by atoms with E-state index < -0.39 is 0 Å². The highest BCUT2D eigenvalue weighted by molar-refractivity contribution is 5.89. The molecule has 0 bridgehead atoms. The van der Waals surface area contributed by atoms with E-state index in [-0.39, 0.29) is 5.60 Å². The summed E-state index contributed by atoms with van der Waals surface area (Å²) < 4.78 is 10.9. The van der Waals surface area contributed by atoms with Crippen molar-refractivity contribution in [1.29, 1.82) is 0 Å². The second-order valence-electron chi connectivity index (χ2n) is 5.00. The molecule has 1 radical (unpaired) electrons. The van der Waals surface area contributed by atoms with Crippen molar-refractivity contribution in [2.24, 2.45) is 0 Å². The van der Waals surface area contributed by atoms with Gasteiger partial charge in [0.15, 0.2) is 0 Å². The van der Waals surface area contributed by atoms with Crippen LogP contribution in [0.15, 0.2) is 36.4 Å². The minimum Gasteiger partial charge on any atom is -0.490 e. The molecule has 2 heteroatoms. The fraction of sp³-hybridized carbons (Fsp3) is 0.267. The van der Waals surface area contributed by atoms with Gasteiger partial charge in [0.2, 0.25) is 0 Å². The van der Waals surface area contributed by atoms with Crippen molar-refractivity contribution in [2.45, 2.75) is 26.4 Å². The second-order valence-corrected chi connectivity index (χ2v) is 5.00. The fourth-order valence-electron chi connectivity index (χ4n) is 1.74. The molecule has 0 heterocycles. The Labute approximate surface area is 102 Å².